The maximum atomic E-state index is 12.1. The van der Waals surface area contributed by atoms with E-state index < -0.39 is 0 Å². The van der Waals surface area contributed by atoms with Gasteiger partial charge in [0.1, 0.15) is 0 Å². The minimum absolute atomic E-state index is 0.349. The minimum atomic E-state index is -0.349. The molecule has 0 aliphatic carbocycles. The zero-order valence-electron chi connectivity index (χ0n) is 12.3. The molecule has 0 spiro atoms. The van der Waals surface area contributed by atoms with Crippen molar-refractivity contribution < 1.29 is 4.79 Å². The van der Waals surface area contributed by atoms with Gasteiger partial charge in [-0.3, -0.25) is 10.3 Å². The summed E-state index contributed by atoms with van der Waals surface area (Å²) in [5.74, 6) is 0. The Bertz CT molecular complexity index is 996. The number of fused-ring (bicyclic) bond motifs is 1. The second kappa shape index (κ2) is 6.34. The Morgan fingerprint density at radius 3 is 2.92 bits per heavy atom. The molecule has 8 heteroatoms. The van der Waals surface area contributed by atoms with Crippen LogP contribution in [0.5, 0.6) is 0 Å². The Hall–Kier alpha value is -2.84. The second-order valence-corrected chi connectivity index (χ2v) is 6.83. The summed E-state index contributed by atoms with van der Waals surface area (Å²) < 4.78 is 1.19. The van der Waals surface area contributed by atoms with Crippen molar-refractivity contribution in [1.29, 1.82) is 0 Å². The Balaban J connectivity index is 1.45. The van der Waals surface area contributed by atoms with Crippen LogP contribution in [0.2, 0.25) is 0 Å². The van der Waals surface area contributed by atoms with Crippen molar-refractivity contribution in [1.82, 2.24) is 15.2 Å². The molecule has 0 saturated carbocycles. The van der Waals surface area contributed by atoms with Crippen LogP contribution in [-0.2, 0) is 0 Å². The number of carbonyl (C=O) groups excluding carboxylic acids is 1. The summed E-state index contributed by atoms with van der Waals surface area (Å²) >= 11 is 2.96. The van der Waals surface area contributed by atoms with Gasteiger partial charge in [0.15, 0.2) is 5.01 Å². The molecule has 0 fully saturated rings. The van der Waals surface area contributed by atoms with Crippen LogP contribution in [0.15, 0.2) is 54.2 Å². The number of anilines is 2. The molecule has 0 bridgehead atoms. The van der Waals surface area contributed by atoms with Crippen molar-refractivity contribution in [3.8, 4) is 10.6 Å². The molecular weight excluding hydrogens is 342 g/mol. The Kier molecular flexibility index (Phi) is 3.89. The molecule has 2 amide bonds. The molecule has 4 rings (SSSR count). The van der Waals surface area contributed by atoms with Gasteiger partial charge in [0, 0.05) is 28.3 Å². The minimum Gasteiger partial charge on any atom is -0.308 e. The molecule has 1 aromatic carbocycles. The van der Waals surface area contributed by atoms with Crippen LogP contribution in [0.25, 0.3) is 20.7 Å². The van der Waals surface area contributed by atoms with Crippen LogP contribution < -0.4 is 10.6 Å². The van der Waals surface area contributed by atoms with E-state index in [1.54, 1.807) is 23.7 Å². The number of carbonyl (C=O) groups is 1. The van der Waals surface area contributed by atoms with Crippen LogP contribution in [-0.4, -0.2) is 21.2 Å². The Morgan fingerprint density at radius 1 is 1.08 bits per heavy atom. The van der Waals surface area contributed by atoms with E-state index in [0.29, 0.717) is 10.1 Å². The molecule has 4 aromatic rings. The average molecular weight is 353 g/mol. The summed E-state index contributed by atoms with van der Waals surface area (Å²) in [7, 11) is 0. The van der Waals surface area contributed by atoms with E-state index in [1.165, 1.54) is 16.0 Å². The lowest BCUT2D eigenvalue weighted by atomic mass is 10.2. The molecule has 118 valence electrons. The topological polar surface area (TPSA) is 79.8 Å². The van der Waals surface area contributed by atoms with Crippen LogP contribution in [0.4, 0.5) is 15.6 Å². The SMILES string of the molecule is O=C(Nc1ccc2sccc2c1)Nc1nnc(-c2cccnc2)s1. The number of pyridine rings is 1. The predicted octanol–water partition coefficient (Wildman–Crippen LogP) is 4.46. The van der Waals surface area contributed by atoms with Gasteiger partial charge < -0.3 is 5.32 Å². The highest BCUT2D eigenvalue weighted by atomic mass is 32.1. The highest BCUT2D eigenvalue weighted by Gasteiger charge is 2.10. The third-order valence-corrected chi connectivity index (χ3v) is 5.05. The molecule has 24 heavy (non-hydrogen) atoms. The summed E-state index contributed by atoms with van der Waals surface area (Å²) in [4.78, 5) is 16.2. The van der Waals surface area contributed by atoms with Crippen molar-refractivity contribution >= 4 is 49.6 Å². The fraction of sp³-hybridized carbons (Fsp3) is 0. The zero-order valence-corrected chi connectivity index (χ0v) is 13.9. The van der Waals surface area contributed by atoms with Crippen LogP contribution in [0.3, 0.4) is 0 Å². The quantitative estimate of drug-likeness (QED) is 0.570. The highest BCUT2D eigenvalue weighted by molar-refractivity contribution is 7.18. The number of rotatable bonds is 3. The third-order valence-electron chi connectivity index (χ3n) is 3.26. The monoisotopic (exact) mass is 353 g/mol. The van der Waals surface area contributed by atoms with Crippen molar-refractivity contribution in [3.63, 3.8) is 0 Å². The van der Waals surface area contributed by atoms with E-state index in [2.05, 4.69) is 25.8 Å². The first-order valence-electron chi connectivity index (χ1n) is 7.07. The summed E-state index contributed by atoms with van der Waals surface area (Å²) in [5, 5.41) is 17.8. The van der Waals surface area contributed by atoms with Crippen molar-refractivity contribution in [2.75, 3.05) is 10.6 Å². The van der Waals surface area contributed by atoms with E-state index in [-0.39, 0.29) is 6.03 Å². The van der Waals surface area contributed by atoms with Gasteiger partial charge in [0.25, 0.3) is 0 Å². The fourth-order valence-corrected chi connectivity index (χ4v) is 3.68. The van der Waals surface area contributed by atoms with Gasteiger partial charge in [-0.2, -0.15) is 0 Å². The van der Waals surface area contributed by atoms with Crippen LogP contribution in [0, 0.1) is 0 Å². The Morgan fingerprint density at radius 2 is 2.04 bits per heavy atom. The van der Waals surface area contributed by atoms with Crippen molar-refractivity contribution in [3.05, 3.63) is 54.2 Å². The largest absolute Gasteiger partial charge is 0.325 e. The molecule has 2 N–H and O–H groups in total. The fourth-order valence-electron chi connectivity index (χ4n) is 2.18. The molecule has 0 aliphatic rings. The summed E-state index contributed by atoms with van der Waals surface area (Å²) in [6.45, 7) is 0. The van der Waals surface area contributed by atoms with E-state index >= 15 is 0 Å². The van der Waals surface area contributed by atoms with Gasteiger partial charge in [-0.25, -0.2) is 4.79 Å². The van der Waals surface area contributed by atoms with Gasteiger partial charge >= 0.3 is 6.03 Å². The predicted molar refractivity (Wildman–Crippen MR) is 97.6 cm³/mol. The molecule has 6 nitrogen and oxygen atoms in total. The molecule has 0 aliphatic heterocycles. The highest BCUT2D eigenvalue weighted by Crippen LogP contribution is 2.26. The zero-order chi connectivity index (χ0) is 16.4. The number of benzene rings is 1. The normalized spacial score (nSPS) is 10.7. The summed E-state index contributed by atoms with van der Waals surface area (Å²) in [6, 6.07) is 11.2. The average Bonchev–Trinajstić information content (AvgIpc) is 3.24. The summed E-state index contributed by atoms with van der Waals surface area (Å²) in [6.07, 6.45) is 3.40. The number of urea groups is 1. The number of hydrogen-bond donors (Lipinski definition) is 2. The third kappa shape index (κ3) is 3.10. The molecule has 0 atom stereocenters. The standard InChI is InChI=1S/C16H11N5OS2/c22-15(18-12-3-4-13-10(8-12)5-7-23-13)19-16-21-20-14(24-16)11-2-1-6-17-9-11/h1-9H,(H2,18,19,21,22). The number of amides is 2. The number of thiophene rings is 1. The molecule has 0 unspecified atom stereocenters. The maximum Gasteiger partial charge on any atom is 0.325 e. The first kappa shape index (κ1) is 14.7. The van der Waals surface area contributed by atoms with Gasteiger partial charge in [0.2, 0.25) is 5.13 Å². The lowest BCUT2D eigenvalue weighted by molar-refractivity contribution is 0.262. The number of nitrogens with zero attached hydrogens (tertiary/aromatic N) is 3. The van der Waals surface area contributed by atoms with Gasteiger partial charge in [0.05, 0.1) is 0 Å². The smallest absolute Gasteiger partial charge is 0.308 e. The lowest BCUT2D eigenvalue weighted by Crippen LogP contribution is -2.19. The van der Waals surface area contributed by atoms with E-state index in [1.807, 2.05) is 41.8 Å². The first-order valence-corrected chi connectivity index (χ1v) is 8.77. The van der Waals surface area contributed by atoms with E-state index in [4.69, 9.17) is 0 Å². The number of nitrogens with one attached hydrogen (secondary N) is 2. The van der Waals surface area contributed by atoms with Gasteiger partial charge in [-0.15, -0.1) is 21.5 Å². The maximum absolute atomic E-state index is 12.1. The Labute approximate surface area is 145 Å². The second-order valence-electron chi connectivity index (χ2n) is 4.91. The van der Waals surface area contributed by atoms with Crippen LogP contribution >= 0.6 is 22.7 Å². The molecule has 0 radical (unpaired) electrons. The molecule has 0 saturated heterocycles. The molecular formula is C16H11N5OS2. The molecule has 3 aromatic heterocycles. The van der Waals surface area contributed by atoms with Gasteiger partial charge in [-0.05, 0) is 47.2 Å². The van der Waals surface area contributed by atoms with E-state index in [0.717, 1.165) is 16.6 Å². The number of aromatic nitrogens is 3. The van der Waals surface area contributed by atoms with E-state index in [9.17, 15) is 4.79 Å². The van der Waals surface area contributed by atoms with Crippen LogP contribution in [0.1, 0.15) is 0 Å². The molecule has 3 heterocycles. The van der Waals surface area contributed by atoms with Crippen molar-refractivity contribution in [2.24, 2.45) is 0 Å². The summed E-state index contributed by atoms with van der Waals surface area (Å²) in [5.41, 5.74) is 1.60. The van der Waals surface area contributed by atoms with Gasteiger partial charge in [-0.1, -0.05) is 11.3 Å². The van der Waals surface area contributed by atoms with Crippen molar-refractivity contribution in [2.45, 2.75) is 0 Å². The lowest BCUT2D eigenvalue weighted by Gasteiger charge is -2.05. The number of hydrogen-bond acceptors (Lipinski definition) is 6. The first-order chi connectivity index (χ1) is 11.8.